The summed E-state index contributed by atoms with van der Waals surface area (Å²) in [5.74, 6) is 0.806. The number of nitrogens with zero attached hydrogens (tertiary/aromatic N) is 1. The molecule has 97 valence electrons. The van der Waals surface area contributed by atoms with Crippen LogP contribution < -0.4 is 10.3 Å². The Hall–Kier alpha value is -0.636. The van der Waals surface area contributed by atoms with Crippen molar-refractivity contribution in [2.24, 2.45) is 7.05 Å². The van der Waals surface area contributed by atoms with E-state index in [-0.39, 0.29) is 43.3 Å². The Bertz CT molecular complexity index is 608. The summed E-state index contributed by atoms with van der Waals surface area (Å²) >= 11 is 5.76. The molecule has 0 aliphatic carbocycles. The Morgan fingerprint density at radius 2 is 1.95 bits per heavy atom. The topological polar surface area (TPSA) is 31.2 Å². The van der Waals surface area contributed by atoms with E-state index in [1.54, 1.807) is 7.05 Å². The molecule has 0 fully saturated rings. The Balaban J connectivity index is 0.00000180. The monoisotopic (exact) mass is 351 g/mol. The van der Waals surface area contributed by atoms with Crippen molar-refractivity contribution < 1.29 is 37.4 Å². The van der Waals surface area contributed by atoms with Gasteiger partial charge in [0.15, 0.2) is 0 Å². The Labute approximate surface area is 142 Å². The van der Waals surface area contributed by atoms with Gasteiger partial charge in [0.2, 0.25) is 5.56 Å². The van der Waals surface area contributed by atoms with Crippen LogP contribution in [0.25, 0.3) is 11.3 Å². The third kappa shape index (κ3) is 3.68. The van der Waals surface area contributed by atoms with Crippen molar-refractivity contribution in [3.63, 3.8) is 0 Å². The smallest absolute Gasteiger partial charge is 0.212 e. The van der Waals surface area contributed by atoms with Crippen molar-refractivity contribution in [3.05, 3.63) is 51.8 Å². The van der Waals surface area contributed by atoms with Gasteiger partial charge in [0.1, 0.15) is 5.75 Å². The zero-order valence-electron chi connectivity index (χ0n) is 10.8. The molecule has 0 atom stereocenters. The van der Waals surface area contributed by atoms with Crippen molar-refractivity contribution in [2.75, 3.05) is 6.61 Å². The van der Waals surface area contributed by atoms with E-state index in [1.807, 2.05) is 31.2 Å². The Morgan fingerprint density at radius 1 is 1.32 bits per heavy atom. The third-order valence-corrected chi connectivity index (χ3v) is 2.89. The minimum absolute atomic E-state index is 0. The van der Waals surface area contributed by atoms with Crippen LogP contribution in [0.3, 0.4) is 0 Å². The summed E-state index contributed by atoms with van der Waals surface area (Å²) < 4.78 is 6.85. The quantitative estimate of drug-likeness (QED) is 0.796. The summed E-state index contributed by atoms with van der Waals surface area (Å²) in [6.07, 6.45) is 0. The van der Waals surface area contributed by atoms with Crippen LogP contribution in [0.15, 0.2) is 35.1 Å². The maximum Gasteiger partial charge on any atom is 0.212 e. The first-order valence-corrected chi connectivity index (χ1v) is 6.01. The van der Waals surface area contributed by atoms with Gasteiger partial charge in [-0.25, -0.2) is 0 Å². The Morgan fingerprint density at radius 3 is 2.53 bits per heavy atom. The Kier molecular flexibility index (Phi) is 6.25. The van der Waals surface area contributed by atoms with Crippen LogP contribution in [0.4, 0.5) is 0 Å². The van der Waals surface area contributed by atoms with E-state index in [0.717, 1.165) is 11.3 Å². The average Bonchev–Trinajstić information content (AvgIpc) is 2.38. The number of halogens is 1. The van der Waals surface area contributed by atoms with Crippen molar-refractivity contribution in [1.29, 1.82) is 0 Å². The van der Waals surface area contributed by atoms with Crippen LogP contribution in [-0.2, 0) is 39.8 Å². The van der Waals surface area contributed by atoms with Crippen molar-refractivity contribution in [2.45, 2.75) is 6.92 Å². The number of benzene rings is 1. The summed E-state index contributed by atoms with van der Waals surface area (Å²) in [5, 5.41) is 0.173. The van der Waals surface area contributed by atoms with Crippen LogP contribution >= 0.6 is 11.6 Å². The molecule has 0 saturated heterocycles. The van der Waals surface area contributed by atoms with Gasteiger partial charge in [0.05, 0.1) is 6.61 Å². The minimum atomic E-state index is -0.223. The van der Waals surface area contributed by atoms with Crippen LogP contribution in [-0.4, -0.2) is 11.2 Å². The van der Waals surface area contributed by atoms with E-state index in [1.165, 1.54) is 10.6 Å². The summed E-state index contributed by atoms with van der Waals surface area (Å²) in [7, 11) is 1.68. The second-order valence-corrected chi connectivity index (χ2v) is 4.21. The molecule has 0 unspecified atom stereocenters. The molecule has 3 nitrogen and oxygen atoms in total. The first kappa shape index (κ1) is 16.4. The predicted octanol–water partition coefficient (Wildman–Crippen LogP) is 2.90. The van der Waals surface area contributed by atoms with Gasteiger partial charge in [-0.1, -0.05) is 11.3 Å². The molecule has 0 aliphatic rings. The fourth-order valence-electron chi connectivity index (χ4n) is 1.70. The molecule has 0 bridgehead atoms. The summed E-state index contributed by atoms with van der Waals surface area (Å²) in [5.41, 5.74) is 1.38. The molecular weight excluding hydrogens is 339 g/mol. The molecule has 1 radical (unpaired) electrons. The number of ether oxygens (including phenoxy) is 1. The first-order valence-electron chi connectivity index (χ1n) is 5.64. The van der Waals surface area contributed by atoms with Crippen LogP contribution in [0.2, 0.25) is 5.02 Å². The van der Waals surface area contributed by atoms with E-state index in [0.29, 0.717) is 12.3 Å². The number of aromatic nitrogens is 1. The number of pyridine rings is 1. The average molecular weight is 352 g/mol. The minimum Gasteiger partial charge on any atom is -0.494 e. The first-order chi connectivity index (χ1) is 8.63. The zero-order chi connectivity index (χ0) is 13.1. The predicted molar refractivity (Wildman–Crippen MR) is 72.1 cm³/mol. The van der Waals surface area contributed by atoms with E-state index in [2.05, 4.69) is 6.07 Å². The van der Waals surface area contributed by atoms with Crippen molar-refractivity contribution in [1.82, 2.24) is 4.57 Å². The van der Waals surface area contributed by atoms with Gasteiger partial charge in [-0.05, 0) is 19.1 Å². The molecule has 1 heterocycles. The van der Waals surface area contributed by atoms with Gasteiger partial charge in [0, 0.05) is 44.8 Å². The van der Waals surface area contributed by atoms with E-state index >= 15 is 0 Å². The molecule has 0 amide bonds. The number of hydrogen-bond donors (Lipinski definition) is 0. The van der Waals surface area contributed by atoms with E-state index < -0.39 is 0 Å². The van der Waals surface area contributed by atoms with Gasteiger partial charge in [-0.2, -0.15) is 23.7 Å². The SMILES string of the molecule is CCOc1ccc(-c2[c-]cc(Cl)c(=O)n2C)cc1.[Y]. The molecule has 1 aromatic carbocycles. The third-order valence-electron chi connectivity index (χ3n) is 2.62. The molecule has 0 spiro atoms. The molecule has 19 heavy (non-hydrogen) atoms. The van der Waals surface area contributed by atoms with Gasteiger partial charge in [-0.15, -0.1) is 12.1 Å². The second kappa shape index (κ2) is 7.23. The molecule has 1 aromatic heterocycles. The van der Waals surface area contributed by atoms with Crippen LogP contribution in [0, 0.1) is 6.07 Å². The van der Waals surface area contributed by atoms with Crippen LogP contribution in [0.5, 0.6) is 5.75 Å². The fourth-order valence-corrected chi connectivity index (χ4v) is 1.89. The molecule has 2 aromatic rings. The second-order valence-electron chi connectivity index (χ2n) is 3.81. The van der Waals surface area contributed by atoms with E-state index in [4.69, 9.17) is 16.3 Å². The summed E-state index contributed by atoms with van der Waals surface area (Å²) in [6.45, 7) is 2.56. The van der Waals surface area contributed by atoms with Crippen LogP contribution in [0.1, 0.15) is 6.92 Å². The van der Waals surface area contributed by atoms with Crippen molar-refractivity contribution in [3.8, 4) is 17.0 Å². The maximum atomic E-state index is 11.7. The standard InChI is InChI=1S/C14H13ClNO2.Y/c1-3-18-11-6-4-10(5-7-11)13-9-8-12(15)14(17)16(13)2;/h4-8H,3H2,1-2H3;/q-1;. The molecule has 0 N–H and O–H groups in total. The molecule has 2 rings (SSSR count). The largest absolute Gasteiger partial charge is 0.494 e. The molecular formula is C14H13ClNO2Y-. The molecule has 0 aliphatic heterocycles. The van der Waals surface area contributed by atoms with E-state index in [9.17, 15) is 4.79 Å². The zero-order valence-corrected chi connectivity index (χ0v) is 14.4. The normalized spacial score (nSPS) is 9.84. The van der Waals surface area contributed by atoms with Gasteiger partial charge in [0.25, 0.3) is 0 Å². The van der Waals surface area contributed by atoms with Gasteiger partial charge < -0.3 is 9.30 Å². The van der Waals surface area contributed by atoms with Gasteiger partial charge >= 0.3 is 0 Å². The summed E-state index contributed by atoms with van der Waals surface area (Å²) in [4.78, 5) is 11.7. The summed E-state index contributed by atoms with van der Waals surface area (Å²) in [6, 6.07) is 12.0. The molecule has 0 saturated carbocycles. The number of rotatable bonds is 3. The van der Waals surface area contributed by atoms with Crippen molar-refractivity contribution >= 4 is 11.6 Å². The van der Waals surface area contributed by atoms with Gasteiger partial charge in [-0.3, -0.25) is 4.79 Å². The fraction of sp³-hybridized carbons (Fsp3) is 0.214. The number of hydrogen-bond acceptors (Lipinski definition) is 2. The maximum absolute atomic E-state index is 11.7. The molecule has 5 heteroatoms.